The van der Waals surface area contributed by atoms with E-state index in [1.54, 1.807) is 6.07 Å². The first-order valence-electron chi connectivity index (χ1n) is 3.41. The molecule has 0 unspecified atom stereocenters. The van der Waals surface area contributed by atoms with Gasteiger partial charge in [0, 0.05) is 13.2 Å². The zero-order chi connectivity index (χ0) is 8.97. The van der Waals surface area contributed by atoms with E-state index in [-0.39, 0.29) is 12.5 Å². The van der Waals surface area contributed by atoms with Crippen LogP contribution in [0, 0.1) is 5.82 Å². The minimum atomic E-state index is -0.483. The molecule has 0 radical (unpaired) electrons. The summed E-state index contributed by atoms with van der Waals surface area (Å²) in [6, 6.07) is 4.24. The van der Waals surface area contributed by atoms with Crippen LogP contribution in [0.3, 0.4) is 0 Å². The first-order chi connectivity index (χ1) is 5.74. The number of nitrogens with two attached hydrogens (primary N) is 1. The maximum atomic E-state index is 12.8. The van der Waals surface area contributed by atoms with Crippen molar-refractivity contribution in [2.45, 2.75) is 0 Å². The molecule has 4 heteroatoms. The molecule has 0 aliphatic rings. The van der Waals surface area contributed by atoms with Crippen molar-refractivity contribution >= 4 is 5.69 Å². The van der Waals surface area contributed by atoms with Gasteiger partial charge in [0.05, 0.1) is 5.69 Å². The number of hydrogen-bond acceptors (Lipinski definition) is 3. The molecule has 1 aromatic carbocycles. The fourth-order valence-corrected chi connectivity index (χ4v) is 0.725. The van der Waals surface area contributed by atoms with Crippen LogP contribution in [0.4, 0.5) is 10.1 Å². The van der Waals surface area contributed by atoms with Gasteiger partial charge in [0.15, 0.2) is 6.79 Å². The topological polar surface area (TPSA) is 44.5 Å². The molecule has 12 heavy (non-hydrogen) atoms. The molecule has 0 aromatic heterocycles. The lowest BCUT2D eigenvalue weighted by Gasteiger charge is -2.04. The van der Waals surface area contributed by atoms with Gasteiger partial charge in [-0.3, -0.25) is 0 Å². The highest BCUT2D eigenvalue weighted by atomic mass is 19.1. The van der Waals surface area contributed by atoms with E-state index in [4.69, 9.17) is 10.5 Å². The minimum Gasteiger partial charge on any atom is -0.467 e. The van der Waals surface area contributed by atoms with Crippen LogP contribution in [0.5, 0.6) is 5.75 Å². The van der Waals surface area contributed by atoms with Crippen LogP contribution >= 0.6 is 0 Å². The number of anilines is 1. The summed E-state index contributed by atoms with van der Waals surface area (Å²) in [6.07, 6.45) is 0. The zero-order valence-corrected chi connectivity index (χ0v) is 6.71. The number of rotatable bonds is 3. The van der Waals surface area contributed by atoms with Gasteiger partial charge in [-0.05, 0) is 12.1 Å². The predicted molar refractivity (Wildman–Crippen MR) is 43.3 cm³/mol. The fourth-order valence-electron chi connectivity index (χ4n) is 0.725. The smallest absolute Gasteiger partial charge is 0.188 e. The number of nitrogen functional groups attached to an aromatic ring is 1. The minimum absolute atomic E-state index is 0.101. The van der Waals surface area contributed by atoms with Gasteiger partial charge in [0.25, 0.3) is 0 Å². The molecule has 0 amide bonds. The van der Waals surface area contributed by atoms with Crippen molar-refractivity contribution in [3.05, 3.63) is 24.0 Å². The van der Waals surface area contributed by atoms with E-state index in [9.17, 15) is 4.39 Å². The lowest BCUT2D eigenvalue weighted by Crippen LogP contribution is -1.99. The summed E-state index contributed by atoms with van der Waals surface area (Å²) in [4.78, 5) is 0. The maximum absolute atomic E-state index is 12.8. The monoisotopic (exact) mass is 171 g/mol. The van der Waals surface area contributed by atoms with Crippen LogP contribution in [-0.2, 0) is 4.74 Å². The highest BCUT2D eigenvalue weighted by Gasteiger charge is 1.99. The third kappa shape index (κ3) is 2.10. The van der Waals surface area contributed by atoms with E-state index in [0.717, 1.165) is 0 Å². The Morgan fingerprint density at radius 2 is 2.25 bits per heavy atom. The standard InChI is InChI=1S/C8H10FNO2/c1-11-5-12-6-2-3-8(10)7(9)4-6/h2-4H,5,10H2,1H3. The molecule has 66 valence electrons. The lowest BCUT2D eigenvalue weighted by molar-refractivity contribution is 0.0509. The molecule has 0 aliphatic carbocycles. The lowest BCUT2D eigenvalue weighted by atomic mass is 10.3. The van der Waals surface area contributed by atoms with Crippen LogP contribution in [0.2, 0.25) is 0 Å². The Kier molecular flexibility index (Phi) is 2.88. The zero-order valence-electron chi connectivity index (χ0n) is 6.71. The molecule has 0 fully saturated rings. The second-order valence-electron chi connectivity index (χ2n) is 2.23. The summed E-state index contributed by atoms with van der Waals surface area (Å²) in [6.45, 7) is 0.101. The van der Waals surface area contributed by atoms with Crippen molar-refractivity contribution in [2.24, 2.45) is 0 Å². The number of halogens is 1. The number of methoxy groups -OCH3 is 1. The Morgan fingerprint density at radius 1 is 1.50 bits per heavy atom. The molecule has 0 saturated carbocycles. The summed E-state index contributed by atoms with van der Waals surface area (Å²) in [7, 11) is 1.49. The van der Waals surface area contributed by atoms with Gasteiger partial charge in [-0.15, -0.1) is 0 Å². The van der Waals surface area contributed by atoms with E-state index in [1.165, 1.54) is 19.2 Å². The maximum Gasteiger partial charge on any atom is 0.188 e. The van der Waals surface area contributed by atoms with Gasteiger partial charge >= 0.3 is 0 Å². The molecule has 0 aliphatic heterocycles. The Balaban J connectivity index is 2.69. The molecular weight excluding hydrogens is 161 g/mol. The average Bonchev–Trinajstić information content (AvgIpc) is 2.07. The first-order valence-corrected chi connectivity index (χ1v) is 3.41. The molecule has 0 heterocycles. The first kappa shape index (κ1) is 8.80. The van der Waals surface area contributed by atoms with E-state index in [1.807, 2.05) is 0 Å². The summed E-state index contributed by atoms with van der Waals surface area (Å²) >= 11 is 0. The van der Waals surface area contributed by atoms with Crippen molar-refractivity contribution in [1.29, 1.82) is 0 Å². The molecule has 0 bridgehead atoms. The van der Waals surface area contributed by atoms with Gasteiger partial charge in [-0.25, -0.2) is 4.39 Å². The van der Waals surface area contributed by atoms with Gasteiger partial charge in [0.1, 0.15) is 11.6 Å². The Labute approximate surface area is 69.9 Å². The summed E-state index contributed by atoms with van der Waals surface area (Å²) in [5.74, 6) is -0.0767. The largest absolute Gasteiger partial charge is 0.467 e. The van der Waals surface area contributed by atoms with Gasteiger partial charge in [-0.2, -0.15) is 0 Å². The summed E-state index contributed by atoms with van der Waals surface area (Å²) in [5.41, 5.74) is 5.37. The molecule has 0 saturated heterocycles. The molecule has 2 N–H and O–H groups in total. The number of ether oxygens (including phenoxy) is 2. The quantitative estimate of drug-likeness (QED) is 0.552. The molecular formula is C8H10FNO2. The van der Waals surface area contributed by atoms with Crippen LogP contribution in [0.15, 0.2) is 18.2 Å². The third-order valence-corrected chi connectivity index (χ3v) is 1.32. The molecule has 3 nitrogen and oxygen atoms in total. The normalized spacial score (nSPS) is 9.83. The Bertz CT molecular complexity index is 265. The molecule has 0 spiro atoms. The highest BCUT2D eigenvalue weighted by Crippen LogP contribution is 2.17. The van der Waals surface area contributed by atoms with Gasteiger partial charge in [-0.1, -0.05) is 0 Å². The fraction of sp³-hybridized carbons (Fsp3) is 0.250. The SMILES string of the molecule is COCOc1ccc(N)c(F)c1. The van der Waals surface area contributed by atoms with Crippen molar-refractivity contribution in [2.75, 3.05) is 19.6 Å². The van der Waals surface area contributed by atoms with E-state index in [2.05, 4.69) is 4.74 Å². The van der Waals surface area contributed by atoms with Crippen molar-refractivity contribution in [3.63, 3.8) is 0 Å². The van der Waals surface area contributed by atoms with Crippen LogP contribution < -0.4 is 10.5 Å². The second kappa shape index (κ2) is 3.92. The van der Waals surface area contributed by atoms with Crippen molar-refractivity contribution in [3.8, 4) is 5.75 Å². The van der Waals surface area contributed by atoms with E-state index in [0.29, 0.717) is 5.75 Å². The number of hydrogen-bond donors (Lipinski definition) is 1. The summed E-state index contributed by atoms with van der Waals surface area (Å²) < 4.78 is 22.4. The van der Waals surface area contributed by atoms with Gasteiger partial charge < -0.3 is 15.2 Å². The second-order valence-corrected chi connectivity index (χ2v) is 2.23. The third-order valence-electron chi connectivity index (χ3n) is 1.32. The molecule has 1 aromatic rings. The van der Waals surface area contributed by atoms with Gasteiger partial charge in [0.2, 0.25) is 0 Å². The molecule has 0 atom stereocenters. The van der Waals surface area contributed by atoms with Crippen LogP contribution in [0.25, 0.3) is 0 Å². The predicted octanol–water partition coefficient (Wildman–Crippen LogP) is 1.39. The highest BCUT2D eigenvalue weighted by molar-refractivity contribution is 5.43. The molecule has 1 rings (SSSR count). The van der Waals surface area contributed by atoms with Crippen LogP contribution in [-0.4, -0.2) is 13.9 Å². The number of benzene rings is 1. The van der Waals surface area contributed by atoms with E-state index >= 15 is 0 Å². The summed E-state index contributed by atoms with van der Waals surface area (Å²) in [5, 5.41) is 0. The average molecular weight is 171 g/mol. The van der Waals surface area contributed by atoms with Crippen LogP contribution in [0.1, 0.15) is 0 Å². The van der Waals surface area contributed by atoms with Crippen molar-refractivity contribution in [1.82, 2.24) is 0 Å². The Morgan fingerprint density at radius 3 is 2.83 bits per heavy atom. The Hall–Kier alpha value is -1.29. The van der Waals surface area contributed by atoms with Crippen molar-refractivity contribution < 1.29 is 13.9 Å². The van der Waals surface area contributed by atoms with E-state index < -0.39 is 5.82 Å².